The average Bonchev–Trinajstić information content (AvgIpc) is 3.13. The molecule has 1 atom stereocenters. The van der Waals surface area contributed by atoms with E-state index in [4.69, 9.17) is 10.00 Å². The third-order valence-corrected chi connectivity index (χ3v) is 4.65. The van der Waals surface area contributed by atoms with E-state index in [1.807, 2.05) is 30.3 Å². The van der Waals surface area contributed by atoms with Crippen molar-refractivity contribution < 1.29 is 4.74 Å². The lowest BCUT2D eigenvalue weighted by Gasteiger charge is -2.21. The first kappa shape index (κ1) is 16.5. The van der Waals surface area contributed by atoms with Gasteiger partial charge in [0.25, 0.3) is 0 Å². The minimum Gasteiger partial charge on any atom is -0.489 e. The molecule has 3 rings (SSSR count). The molecule has 1 saturated heterocycles. The fraction of sp³-hybridized carbons (Fsp3) is 0.381. The molecule has 1 unspecified atom stereocenters. The van der Waals surface area contributed by atoms with Crippen LogP contribution in [0.2, 0.25) is 0 Å². The van der Waals surface area contributed by atoms with Crippen LogP contribution in [-0.2, 0) is 6.61 Å². The molecule has 1 fully saturated rings. The maximum Gasteiger partial charge on any atom is 0.120 e. The van der Waals surface area contributed by atoms with Crippen LogP contribution in [0.25, 0.3) is 0 Å². The van der Waals surface area contributed by atoms with Crippen LogP contribution in [-0.4, -0.2) is 24.5 Å². The topological polar surface area (TPSA) is 36.3 Å². The van der Waals surface area contributed by atoms with E-state index in [0.29, 0.717) is 18.1 Å². The standard InChI is InChI=1S/C21H24N2O/c1-17(15-23-11-2-3-12-23)20-5-4-6-21(13-20)24-16-19-9-7-18(14-22)8-10-19/h4-10,13,17H,2-3,11-12,15-16H2,1H3. The molecule has 2 aromatic carbocycles. The lowest BCUT2D eigenvalue weighted by Crippen LogP contribution is -2.24. The highest BCUT2D eigenvalue weighted by molar-refractivity contribution is 5.33. The first-order valence-corrected chi connectivity index (χ1v) is 8.69. The van der Waals surface area contributed by atoms with Crippen molar-refractivity contribution in [2.24, 2.45) is 0 Å². The Bertz CT molecular complexity index is 697. The number of hydrogen-bond acceptors (Lipinski definition) is 3. The number of likely N-dealkylation sites (tertiary alicyclic amines) is 1. The van der Waals surface area contributed by atoms with E-state index in [1.54, 1.807) is 0 Å². The van der Waals surface area contributed by atoms with Gasteiger partial charge in [-0.05, 0) is 67.2 Å². The summed E-state index contributed by atoms with van der Waals surface area (Å²) in [5, 5.41) is 8.84. The lowest BCUT2D eigenvalue weighted by atomic mass is 10.0. The Kier molecular flexibility index (Phi) is 5.51. The molecular weight excluding hydrogens is 296 g/mol. The van der Waals surface area contributed by atoms with Gasteiger partial charge < -0.3 is 9.64 Å². The smallest absolute Gasteiger partial charge is 0.120 e. The molecule has 0 saturated carbocycles. The van der Waals surface area contributed by atoms with Gasteiger partial charge in [-0.15, -0.1) is 0 Å². The Balaban J connectivity index is 1.58. The lowest BCUT2D eigenvalue weighted by molar-refractivity contribution is 0.303. The maximum atomic E-state index is 8.84. The van der Waals surface area contributed by atoms with Crippen molar-refractivity contribution in [3.05, 3.63) is 65.2 Å². The van der Waals surface area contributed by atoms with Crippen molar-refractivity contribution >= 4 is 0 Å². The Morgan fingerprint density at radius 2 is 1.88 bits per heavy atom. The van der Waals surface area contributed by atoms with Crippen molar-refractivity contribution in [3.8, 4) is 11.8 Å². The summed E-state index contributed by atoms with van der Waals surface area (Å²) in [6, 6.07) is 18.1. The van der Waals surface area contributed by atoms with Gasteiger partial charge in [-0.1, -0.05) is 31.2 Å². The van der Waals surface area contributed by atoms with Crippen LogP contribution in [0.15, 0.2) is 48.5 Å². The monoisotopic (exact) mass is 320 g/mol. The van der Waals surface area contributed by atoms with E-state index in [2.05, 4.69) is 36.1 Å². The predicted octanol–water partition coefficient (Wildman–Crippen LogP) is 4.34. The highest BCUT2D eigenvalue weighted by Gasteiger charge is 2.16. The van der Waals surface area contributed by atoms with E-state index in [-0.39, 0.29) is 0 Å². The number of ether oxygens (including phenoxy) is 1. The largest absolute Gasteiger partial charge is 0.489 e. The molecule has 1 heterocycles. The highest BCUT2D eigenvalue weighted by Crippen LogP contribution is 2.23. The summed E-state index contributed by atoms with van der Waals surface area (Å²) in [4.78, 5) is 2.55. The quantitative estimate of drug-likeness (QED) is 0.794. The summed E-state index contributed by atoms with van der Waals surface area (Å²) in [5.74, 6) is 1.42. The molecule has 1 aliphatic heterocycles. The molecule has 0 aromatic heterocycles. The van der Waals surface area contributed by atoms with Crippen molar-refractivity contribution in [3.63, 3.8) is 0 Å². The van der Waals surface area contributed by atoms with Gasteiger partial charge in [0.05, 0.1) is 11.6 Å². The van der Waals surface area contributed by atoms with Crippen LogP contribution in [0.5, 0.6) is 5.75 Å². The molecule has 1 aliphatic rings. The number of rotatable bonds is 6. The summed E-state index contributed by atoms with van der Waals surface area (Å²) in [6.45, 7) is 6.41. The second-order valence-corrected chi connectivity index (χ2v) is 6.58. The Hall–Kier alpha value is -2.31. The number of benzene rings is 2. The second kappa shape index (κ2) is 7.99. The van der Waals surface area contributed by atoms with Gasteiger partial charge >= 0.3 is 0 Å². The Labute approximate surface area is 144 Å². The van der Waals surface area contributed by atoms with Gasteiger partial charge in [0.15, 0.2) is 0 Å². The van der Waals surface area contributed by atoms with Crippen molar-refractivity contribution in [2.75, 3.05) is 19.6 Å². The van der Waals surface area contributed by atoms with E-state index in [0.717, 1.165) is 17.9 Å². The van der Waals surface area contributed by atoms with Crippen LogP contribution in [0, 0.1) is 11.3 Å². The van der Waals surface area contributed by atoms with E-state index in [1.165, 1.54) is 31.5 Å². The molecule has 0 aliphatic carbocycles. The van der Waals surface area contributed by atoms with Gasteiger partial charge in [-0.25, -0.2) is 0 Å². The normalized spacial score (nSPS) is 15.8. The van der Waals surface area contributed by atoms with Crippen LogP contribution < -0.4 is 4.74 Å². The number of nitrogens with zero attached hydrogens (tertiary/aromatic N) is 2. The molecule has 0 N–H and O–H groups in total. The number of hydrogen-bond donors (Lipinski definition) is 0. The van der Waals surface area contributed by atoms with Gasteiger partial charge in [0, 0.05) is 6.54 Å². The summed E-state index contributed by atoms with van der Waals surface area (Å²) >= 11 is 0. The molecular formula is C21H24N2O. The third-order valence-electron chi connectivity index (χ3n) is 4.65. The molecule has 0 radical (unpaired) electrons. The van der Waals surface area contributed by atoms with E-state index in [9.17, 15) is 0 Å². The zero-order chi connectivity index (χ0) is 16.8. The van der Waals surface area contributed by atoms with Crippen LogP contribution in [0.3, 0.4) is 0 Å². The van der Waals surface area contributed by atoms with Gasteiger partial charge in [-0.2, -0.15) is 5.26 Å². The first-order chi connectivity index (χ1) is 11.7. The Morgan fingerprint density at radius 3 is 2.58 bits per heavy atom. The van der Waals surface area contributed by atoms with E-state index >= 15 is 0 Å². The minimum atomic E-state index is 0.515. The second-order valence-electron chi connectivity index (χ2n) is 6.58. The summed E-state index contributed by atoms with van der Waals surface area (Å²) < 4.78 is 5.93. The van der Waals surface area contributed by atoms with Gasteiger partial charge in [-0.3, -0.25) is 0 Å². The molecule has 0 spiro atoms. The third kappa shape index (κ3) is 4.37. The molecule has 3 nitrogen and oxygen atoms in total. The zero-order valence-corrected chi connectivity index (χ0v) is 14.2. The minimum absolute atomic E-state index is 0.515. The summed E-state index contributed by atoms with van der Waals surface area (Å²) in [7, 11) is 0. The fourth-order valence-electron chi connectivity index (χ4n) is 3.21. The van der Waals surface area contributed by atoms with Crippen molar-refractivity contribution in [2.45, 2.75) is 32.3 Å². The SMILES string of the molecule is CC(CN1CCCC1)c1cccc(OCc2ccc(C#N)cc2)c1. The van der Waals surface area contributed by atoms with Crippen LogP contribution >= 0.6 is 0 Å². The predicted molar refractivity (Wildman–Crippen MR) is 96.0 cm³/mol. The van der Waals surface area contributed by atoms with E-state index < -0.39 is 0 Å². The molecule has 0 bridgehead atoms. The molecule has 2 aromatic rings. The highest BCUT2D eigenvalue weighted by atomic mass is 16.5. The maximum absolute atomic E-state index is 8.84. The summed E-state index contributed by atoms with van der Waals surface area (Å²) in [6.07, 6.45) is 2.67. The van der Waals surface area contributed by atoms with Crippen molar-refractivity contribution in [1.82, 2.24) is 4.90 Å². The molecule has 0 amide bonds. The van der Waals surface area contributed by atoms with Crippen LogP contribution in [0.4, 0.5) is 0 Å². The number of nitriles is 1. The van der Waals surface area contributed by atoms with Gasteiger partial charge in [0.2, 0.25) is 0 Å². The van der Waals surface area contributed by atoms with Crippen LogP contribution in [0.1, 0.15) is 42.4 Å². The van der Waals surface area contributed by atoms with Crippen molar-refractivity contribution in [1.29, 1.82) is 5.26 Å². The summed E-state index contributed by atoms with van der Waals surface area (Å²) in [5.41, 5.74) is 3.08. The zero-order valence-electron chi connectivity index (χ0n) is 14.2. The molecule has 3 heteroatoms. The first-order valence-electron chi connectivity index (χ1n) is 8.69. The van der Waals surface area contributed by atoms with Gasteiger partial charge in [0.1, 0.15) is 12.4 Å². The Morgan fingerprint density at radius 1 is 1.12 bits per heavy atom. The fourth-order valence-corrected chi connectivity index (χ4v) is 3.21. The molecule has 24 heavy (non-hydrogen) atoms. The molecule has 124 valence electrons. The average molecular weight is 320 g/mol.